The highest BCUT2D eigenvalue weighted by Crippen LogP contribution is 2.59. The first-order valence-corrected chi connectivity index (χ1v) is 24.5. The van der Waals surface area contributed by atoms with E-state index in [-0.39, 0.29) is 21.7 Å². The zero-order valence-corrected chi connectivity index (χ0v) is 41.0. The molecule has 3 nitrogen and oxygen atoms in total. The van der Waals surface area contributed by atoms with E-state index < -0.39 is 0 Å². The monoisotopic (exact) mass is 880 g/mol. The molecule has 3 aliphatic rings. The highest BCUT2D eigenvalue weighted by Gasteiger charge is 2.44. The van der Waals surface area contributed by atoms with Crippen LogP contribution < -0.4 is 16.2 Å². The lowest BCUT2D eigenvalue weighted by atomic mass is 9.57. The average Bonchev–Trinajstić information content (AvgIpc) is 4.02. The molecule has 0 fully saturated rings. The Bertz CT molecular complexity index is 3790. The van der Waals surface area contributed by atoms with Crippen molar-refractivity contribution in [3.8, 4) is 50.2 Å². The van der Waals surface area contributed by atoms with Crippen LogP contribution in [0.15, 0.2) is 156 Å². The summed E-state index contributed by atoms with van der Waals surface area (Å²) in [5.41, 5.74) is 27.5. The summed E-state index contributed by atoms with van der Waals surface area (Å²) in [5.74, 6) is 0. The number of benzene rings is 8. The van der Waals surface area contributed by atoms with E-state index >= 15 is 0 Å². The van der Waals surface area contributed by atoms with E-state index in [1.165, 1.54) is 105 Å². The average molecular weight is 881 g/mol. The van der Waals surface area contributed by atoms with Crippen LogP contribution in [0.3, 0.4) is 0 Å². The number of fused-ring (bicyclic) bond motifs is 13. The maximum absolute atomic E-state index is 6.52. The van der Waals surface area contributed by atoms with Crippen LogP contribution in [-0.2, 0) is 21.7 Å². The lowest BCUT2D eigenvalue weighted by Crippen LogP contribution is -2.38. The Morgan fingerprint density at radius 2 is 1.21 bits per heavy atom. The molecule has 0 atom stereocenters. The van der Waals surface area contributed by atoms with Gasteiger partial charge in [-0.1, -0.05) is 172 Å². The van der Waals surface area contributed by atoms with E-state index in [2.05, 4.69) is 225 Å². The van der Waals surface area contributed by atoms with Gasteiger partial charge in [-0.2, -0.15) is 0 Å². The fourth-order valence-corrected chi connectivity index (χ4v) is 12.6. The third-order valence-corrected chi connectivity index (χ3v) is 16.2. The Morgan fingerprint density at radius 3 is 1.93 bits per heavy atom. The van der Waals surface area contributed by atoms with Gasteiger partial charge in [0, 0.05) is 60.7 Å². The van der Waals surface area contributed by atoms with Crippen molar-refractivity contribution in [3.05, 3.63) is 185 Å². The predicted molar refractivity (Wildman–Crippen MR) is 290 cm³/mol. The quantitative estimate of drug-likeness (QED) is 0.179. The highest BCUT2D eigenvalue weighted by molar-refractivity contribution is 6.74. The van der Waals surface area contributed by atoms with E-state index in [9.17, 15) is 0 Å². The molecule has 0 bridgehead atoms. The van der Waals surface area contributed by atoms with Crippen molar-refractivity contribution in [2.45, 2.75) is 90.9 Å². The molecular formula is C64H57BN2O. The molecule has 4 heteroatoms. The summed E-state index contributed by atoms with van der Waals surface area (Å²) in [7, 11) is 0.763. The number of anilines is 2. The van der Waals surface area contributed by atoms with Gasteiger partial charge in [-0.25, -0.2) is 0 Å². The molecular weight excluding hydrogens is 824 g/mol. The minimum Gasteiger partial charge on any atom is -0.464 e. The Balaban J connectivity index is 1.20. The van der Waals surface area contributed by atoms with Gasteiger partial charge < -0.3 is 14.3 Å². The third kappa shape index (κ3) is 5.67. The van der Waals surface area contributed by atoms with Gasteiger partial charge in [0.2, 0.25) is 0 Å². The summed E-state index contributed by atoms with van der Waals surface area (Å²) in [4.78, 5) is 0. The molecule has 0 saturated carbocycles. The summed E-state index contributed by atoms with van der Waals surface area (Å²) in [6, 6.07) is 55.3. The zero-order valence-electron chi connectivity index (χ0n) is 41.0. The van der Waals surface area contributed by atoms with E-state index in [1.807, 2.05) is 6.26 Å². The molecule has 1 aliphatic heterocycles. The van der Waals surface area contributed by atoms with Crippen molar-refractivity contribution in [3.63, 3.8) is 0 Å². The van der Waals surface area contributed by atoms with E-state index in [0.717, 1.165) is 40.8 Å². The first-order valence-electron chi connectivity index (χ1n) is 24.5. The molecule has 0 radical (unpaired) electrons. The first-order chi connectivity index (χ1) is 32.5. The minimum absolute atomic E-state index is 0.0303. The summed E-state index contributed by atoms with van der Waals surface area (Å²) in [5, 5.41) is 7.92. The number of hydrogen-bond acceptors (Lipinski definition) is 2. The number of hydrogen-bond donors (Lipinski definition) is 1. The van der Waals surface area contributed by atoms with Gasteiger partial charge in [-0.3, -0.25) is 0 Å². The van der Waals surface area contributed by atoms with Crippen LogP contribution in [-0.4, -0.2) is 11.8 Å². The van der Waals surface area contributed by atoms with E-state index in [1.54, 1.807) is 0 Å². The number of rotatable bonds is 4. The normalized spacial score (nSPS) is 15.0. The molecule has 0 saturated heterocycles. The molecule has 68 heavy (non-hydrogen) atoms. The van der Waals surface area contributed by atoms with E-state index in [4.69, 9.17) is 4.42 Å². The molecule has 1 N–H and O–H groups in total. The second kappa shape index (κ2) is 13.8. The number of nitrogens with one attached hydrogen (secondary N) is 1. The maximum atomic E-state index is 6.52. The molecule has 0 amide bonds. The van der Waals surface area contributed by atoms with Crippen LogP contribution >= 0.6 is 0 Å². The maximum Gasteiger partial charge on any atom is 0.198 e. The molecule has 0 spiro atoms. The molecule has 332 valence electrons. The van der Waals surface area contributed by atoms with Gasteiger partial charge >= 0.3 is 0 Å². The molecule has 2 aliphatic carbocycles. The van der Waals surface area contributed by atoms with Crippen molar-refractivity contribution in [2.75, 3.05) is 5.32 Å². The Morgan fingerprint density at radius 1 is 0.544 bits per heavy atom. The van der Waals surface area contributed by atoms with Gasteiger partial charge in [-0.15, -0.1) is 0 Å². The standard InChI is InChI=1S/C64H57BN2O/c1-61(2,3)37-24-27-39(28-25-37)66-51-33-49-42(40-20-14-16-22-47(40)63(49,7)8)31-44(51)57-58-55(41-21-15-17-23-48(41)64(58,9)10)56-45-30-38(62(4,5)6)26-29-52(45)67-53-32-43-46(36-18-12-11-13-19-36)35-68-54(43)34-50(53)65-59(57)60(56)67/h11-35,65-66H,1-10H3. The smallest absolute Gasteiger partial charge is 0.198 e. The summed E-state index contributed by atoms with van der Waals surface area (Å²) < 4.78 is 9.15. The zero-order chi connectivity index (χ0) is 46.8. The molecule has 10 aromatic rings. The molecule has 2 aromatic heterocycles. The lowest BCUT2D eigenvalue weighted by molar-refractivity contribution is 0.590. The van der Waals surface area contributed by atoms with Crippen LogP contribution in [0.1, 0.15) is 103 Å². The SMILES string of the molecule is CC(C)(C)c1ccc(Nc2cc3c(cc2-c2c4c(c5c6cc(C(C)(C)C)ccc6n6c5c2Bc2cc5occ(-c7ccccc7)c5cc2-6)-c2ccccc2C4(C)C)-c2ccccc2C3(C)C)cc1. The third-order valence-electron chi connectivity index (χ3n) is 16.2. The summed E-state index contributed by atoms with van der Waals surface area (Å²) in [6.07, 6.45) is 1.95. The Labute approximate surface area is 401 Å². The first kappa shape index (κ1) is 41.2. The molecule has 3 heterocycles. The van der Waals surface area contributed by atoms with Crippen molar-refractivity contribution in [2.24, 2.45) is 0 Å². The van der Waals surface area contributed by atoms with Crippen LogP contribution in [0.2, 0.25) is 0 Å². The number of aromatic nitrogens is 1. The minimum atomic E-state index is -0.306. The van der Waals surface area contributed by atoms with Gasteiger partial charge in [0.15, 0.2) is 7.28 Å². The van der Waals surface area contributed by atoms with Crippen LogP contribution in [0, 0.1) is 0 Å². The summed E-state index contributed by atoms with van der Waals surface area (Å²) >= 11 is 0. The molecule has 8 aromatic carbocycles. The molecule has 13 rings (SSSR count). The van der Waals surface area contributed by atoms with Crippen molar-refractivity contribution >= 4 is 62.4 Å². The van der Waals surface area contributed by atoms with Crippen LogP contribution in [0.25, 0.3) is 83.0 Å². The van der Waals surface area contributed by atoms with Crippen molar-refractivity contribution in [1.29, 1.82) is 0 Å². The highest BCUT2D eigenvalue weighted by atomic mass is 16.3. The second-order valence-electron chi connectivity index (χ2n) is 23.1. The van der Waals surface area contributed by atoms with Crippen molar-refractivity contribution < 1.29 is 4.42 Å². The fourth-order valence-electron chi connectivity index (χ4n) is 12.6. The van der Waals surface area contributed by atoms with Crippen LogP contribution in [0.4, 0.5) is 11.4 Å². The summed E-state index contributed by atoms with van der Waals surface area (Å²) in [6.45, 7) is 23.6. The number of furan rings is 1. The Kier molecular flexibility index (Phi) is 8.35. The van der Waals surface area contributed by atoms with Gasteiger partial charge in [-0.05, 0) is 132 Å². The second-order valence-corrected chi connectivity index (χ2v) is 23.1. The number of nitrogens with zero attached hydrogens (tertiary/aromatic N) is 1. The van der Waals surface area contributed by atoms with Crippen molar-refractivity contribution in [1.82, 2.24) is 4.57 Å². The van der Waals surface area contributed by atoms with Gasteiger partial charge in [0.1, 0.15) is 5.58 Å². The molecule has 0 unspecified atom stereocenters. The predicted octanol–water partition coefficient (Wildman–Crippen LogP) is 15.5. The van der Waals surface area contributed by atoms with E-state index in [0.29, 0.717) is 0 Å². The Hall–Kier alpha value is -7.04. The largest absolute Gasteiger partial charge is 0.464 e. The fraction of sp³-hybridized carbons (Fsp3) is 0.219. The van der Waals surface area contributed by atoms with Gasteiger partial charge in [0.25, 0.3) is 0 Å². The van der Waals surface area contributed by atoms with Gasteiger partial charge in [0.05, 0.1) is 11.8 Å². The lowest BCUT2D eigenvalue weighted by Gasteiger charge is -2.31. The van der Waals surface area contributed by atoms with Crippen LogP contribution in [0.5, 0.6) is 0 Å². The topological polar surface area (TPSA) is 30.1 Å².